The lowest BCUT2D eigenvalue weighted by molar-refractivity contribution is -0.137. The fourth-order valence-electron chi connectivity index (χ4n) is 2.83. The van der Waals surface area contributed by atoms with Crippen molar-refractivity contribution in [2.24, 2.45) is 0 Å². The second-order valence-corrected chi connectivity index (χ2v) is 9.06. The van der Waals surface area contributed by atoms with Crippen LogP contribution in [-0.4, -0.2) is 19.5 Å². The topological polar surface area (TPSA) is 101 Å². The van der Waals surface area contributed by atoms with Gasteiger partial charge in [-0.15, -0.1) is 0 Å². The Bertz CT molecular complexity index is 1290. The van der Waals surface area contributed by atoms with Crippen LogP contribution in [0.4, 0.5) is 24.5 Å². The van der Waals surface area contributed by atoms with Crippen LogP contribution in [0.25, 0.3) is 0 Å². The molecule has 1 heterocycles. The number of nitrogens with zero attached hydrogens (tertiary/aromatic N) is 1. The van der Waals surface area contributed by atoms with E-state index < -0.39 is 27.7 Å². The predicted octanol–water partition coefficient (Wildman–Crippen LogP) is 5.67. The molecule has 2 aromatic carbocycles. The van der Waals surface area contributed by atoms with Gasteiger partial charge in [0.1, 0.15) is 5.69 Å². The molecule has 170 valence electrons. The van der Waals surface area contributed by atoms with Gasteiger partial charge in [0.25, 0.3) is 15.9 Å². The molecule has 1 aromatic heterocycles. The number of aromatic nitrogens is 1. The number of alkyl halides is 3. The van der Waals surface area contributed by atoms with Gasteiger partial charge in [-0.2, -0.15) is 13.2 Å². The summed E-state index contributed by atoms with van der Waals surface area (Å²) in [5.74, 6) is -0.808. The van der Waals surface area contributed by atoms with E-state index in [1.807, 2.05) is 0 Å². The van der Waals surface area contributed by atoms with Gasteiger partial charge in [0.05, 0.1) is 27.5 Å². The van der Waals surface area contributed by atoms with Gasteiger partial charge in [0.2, 0.25) is 0 Å². The van der Waals surface area contributed by atoms with Gasteiger partial charge in [0.15, 0.2) is 10.7 Å². The second kappa shape index (κ2) is 8.64. The molecule has 0 fully saturated rings. The first-order valence-electron chi connectivity index (χ1n) is 8.73. The molecule has 0 radical (unpaired) electrons. The first-order chi connectivity index (χ1) is 14.8. The van der Waals surface area contributed by atoms with Crippen LogP contribution in [0, 0.1) is 13.8 Å². The zero-order valence-electron chi connectivity index (χ0n) is 16.3. The summed E-state index contributed by atoms with van der Waals surface area (Å²) in [6.45, 7) is 2.85. The highest BCUT2D eigenvalue weighted by atomic mass is 35.5. The summed E-state index contributed by atoms with van der Waals surface area (Å²) < 4.78 is 71.2. The highest BCUT2D eigenvalue weighted by Crippen LogP contribution is 2.34. The highest BCUT2D eigenvalue weighted by Gasteiger charge is 2.31. The first-order valence-corrected chi connectivity index (χ1v) is 11.0. The maximum Gasteiger partial charge on any atom is 0.416 e. The van der Waals surface area contributed by atoms with E-state index >= 15 is 0 Å². The number of carbonyl (C=O) groups is 1. The Morgan fingerprint density at radius 2 is 1.72 bits per heavy atom. The highest BCUT2D eigenvalue weighted by molar-refractivity contribution is 7.92. The van der Waals surface area contributed by atoms with Crippen LogP contribution in [0.1, 0.15) is 27.4 Å². The molecule has 7 nitrogen and oxygen atoms in total. The number of hydrogen-bond acceptors (Lipinski definition) is 5. The van der Waals surface area contributed by atoms with Crippen LogP contribution >= 0.6 is 23.2 Å². The van der Waals surface area contributed by atoms with Crippen molar-refractivity contribution in [1.29, 1.82) is 0 Å². The normalized spacial score (nSPS) is 12.0. The van der Waals surface area contributed by atoms with Crippen LogP contribution in [0.2, 0.25) is 10.0 Å². The predicted molar refractivity (Wildman–Crippen MR) is 113 cm³/mol. The molecule has 1 amide bonds. The maximum absolute atomic E-state index is 12.8. The van der Waals surface area contributed by atoms with Crippen molar-refractivity contribution in [3.8, 4) is 0 Å². The summed E-state index contributed by atoms with van der Waals surface area (Å²) >= 11 is 11.8. The van der Waals surface area contributed by atoms with Crippen molar-refractivity contribution < 1.29 is 30.9 Å². The molecule has 0 saturated carbocycles. The molecule has 0 aliphatic heterocycles. The fraction of sp³-hybridized carbons (Fsp3) is 0.158. The third kappa shape index (κ3) is 5.00. The molecule has 0 spiro atoms. The van der Waals surface area contributed by atoms with Crippen LogP contribution in [0.3, 0.4) is 0 Å². The van der Waals surface area contributed by atoms with E-state index in [-0.39, 0.29) is 43.3 Å². The van der Waals surface area contributed by atoms with E-state index in [9.17, 15) is 26.4 Å². The summed E-state index contributed by atoms with van der Waals surface area (Å²) in [6, 6.07) is 6.22. The van der Waals surface area contributed by atoms with Crippen LogP contribution in [-0.2, 0) is 16.2 Å². The van der Waals surface area contributed by atoms with E-state index in [1.54, 1.807) is 0 Å². The molecule has 32 heavy (non-hydrogen) atoms. The number of rotatable bonds is 5. The van der Waals surface area contributed by atoms with Gasteiger partial charge in [0, 0.05) is 5.02 Å². The SMILES string of the molecule is Cc1noc(C)c1S(=O)(=O)Nc1ccc(Cl)cc1C(=O)Nc1ccc(C(F)(F)F)cc1Cl. The molecule has 0 aliphatic carbocycles. The molecule has 0 aliphatic rings. The molecule has 13 heteroatoms. The Labute approximate surface area is 190 Å². The van der Waals surface area contributed by atoms with Crippen molar-refractivity contribution >= 4 is 50.5 Å². The molecule has 0 unspecified atom stereocenters. The number of hydrogen-bond donors (Lipinski definition) is 2. The molecule has 0 saturated heterocycles. The third-order valence-corrected chi connectivity index (χ3v) is 6.41. The number of nitrogens with one attached hydrogen (secondary N) is 2. The zero-order valence-corrected chi connectivity index (χ0v) is 18.7. The van der Waals surface area contributed by atoms with Crippen molar-refractivity contribution in [2.75, 3.05) is 10.0 Å². The Kier molecular flexibility index (Phi) is 6.45. The smallest absolute Gasteiger partial charge is 0.360 e. The average molecular weight is 508 g/mol. The summed E-state index contributed by atoms with van der Waals surface area (Å²) in [4.78, 5) is 12.6. The van der Waals surface area contributed by atoms with Crippen molar-refractivity contribution in [1.82, 2.24) is 5.16 Å². The lowest BCUT2D eigenvalue weighted by Crippen LogP contribution is -2.19. The third-order valence-electron chi connectivity index (χ3n) is 4.25. The Morgan fingerprint density at radius 1 is 1.06 bits per heavy atom. The van der Waals surface area contributed by atoms with Gasteiger partial charge in [-0.25, -0.2) is 8.42 Å². The van der Waals surface area contributed by atoms with Crippen molar-refractivity contribution in [2.45, 2.75) is 24.9 Å². The molecular formula is C19H14Cl2F3N3O4S. The average Bonchev–Trinajstić information content (AvgIpc) is 3.02. The van der Waals surface area contributed by atoms with Gasteiger partial charge >= 0.3 is 6.18 Å². The molecular weight excluding hydrogens is 494 g/mol. The van der Waals surface area contributed by atoms with E-state index in [2.05, 4.69) is 15.2 Å². The summed E-state index contributed by atoms with van der Waals surface area (Å²) in [5.41, 5.74) is -1.30. The minimum absolute atomic E-state index is 0.0477. The first kappa shape index (κ1) is 23.9. The molecule has 3 rings (SSSR count). The van der Waals surface area contributed by atoms with Crippen LogP contribution < -0.4 is 10.0 Å². The number of benzene rings is 2. The van der Waals surface area contributed by atoms with Gasteiger partial charge in [-0.05, 0) is 50.2 Å². The standard InChI is InChI=1S/C19H14Cl2F3N3O4S/c1-9-17(10(2)31-26-9)32(29,30)27-15-6-4-12(20)8-13(15)18(28)25-16-5-3-11(7-14(16)21)19(22,23)24/h3-8,27H,1-2H3,(H,25,28). The minimum atomic E-state index is -4.61. The number of carbonyl (C=O) groups excluding carboxylic acids is 1. The molecule has 0 atom stereocenters. The van der Waals surface area contributed by atoms with E-state index in [4.69, 9.17) is 27.7 Å². The number of aryl methyl sites for hydroxylation is 2. The van der Waals surface area contributed by atoms with Crippen molar-refractivity contribution in [3.05, 3.63) is 69.0 Å². The Morgan fingerprint density at radius 3 is 2.28 bits per heavy atom. The van der Waals surface area contributed by atoms with Crippen LogP contribution in [0.15, 0.2) is 45.8 Å². The van der Waals surface area contributed by atoms with Crippen molar-refractivity contribution in [3.63, 3.8) is 0 Å². The minimum Gasteiger partial charge on any atom is -0.360 e. The lowest BCUT2D eigenvalue weighted by Gasteiger charge is -2.14. The summed E-state index contributed by atoms with van der Waals surface area (Å²) in [6.07, 6.45) is -4.61. The molecule has 3 aromatic rings. The summed E-state index contributed by atoms with van der Waals surface area (Å²) in [7, 11) is -4.18. The van der Waals surface area contributed by atoms with Gasteiger partial charge in [-0.1, -0.05) is 28.4 Å². The number of halogens is 5. The van der Waals surface area contributed by atoms with E-state index in [0.717, 1.165) is 12.1 Å². The van der Waals surface area contributed by atoms with E-state index in [1.165, 1.54) is 32.0 Å². The monoisotopic (exact) mass is 507 g/mol. The van der Waals surface area contributed by atoms with Crippen LogP contribution in [0.5, 0.6) is 0 Å². The fourth-order valence-corrected chi connectivity index (χ4v) is 4.64. The Balaban J connectivity index is 1.94. The molecule has 2 N–H and O–H groups in total. The largest absolute Gasteiger partial charge is 0.416 e. The second-order valence-electron chi connectivity index (χ2n) is 6.60. The number of anilines is 2. The number of sulfonamides is 1. The number of amides is 1. The van der Waals surface area contributed by atoms with Gasteiger partial charge < -0.3 is 9.84 Å². The lowest BCUT2D eigenvalue weighted by atomic mass is 10.1. The molecule has 0 bridgehead atoms. The Hall–Kier alpha value is -2.76. The van der Waals surface area contributed by atoms with E-state index in [0.29, 0.717) is 6.07 Å². The maximum atomic E-state index is 12.8. The summed E-state index contributed by atoms with van der Waals surface area (Å²) in [5, 5.41) is 5.72. The van der Waals surface area contributed by atoms with Gasteiger partial charge in [-0.3, -0.25) is 9.52 Å². The quantitative estimate of drug-likeness (QED) is 0.463. The zero-order chi connectivity index (χ0) is 23.8.